The molecule has 0 fully saturated rings. The van der Waals surface area contributed by atoms with Crippen LogP contribution >= 0.6 is 0 Å². The van der Waals surface area contributed by atoms with Crippen molar-refractivity contribution in [3.05, 3.63) is 35.5 Å². The quantitative estimate of drug-likeness (QED) is 0.853. The molecule has 0 radical (unpaired) electrons. The van der Waals surface area contributed by atoms with E-state index in [-0.39, 0.29) is 0 Å². The van der Waals surface area contributed by atoms with Gasteiger partial charge in [0, 0.05) is 19.3 Å². The Kier molecular flexibility index (Phi) is 2.73. The molecule has 0 spiro atoms. The Hall–Kier alpha value is -1.97. The summed E-state index contributed by atoms with van der Waals surface area (Å²) in [6.45, 7) is 5.22. The molecule has 2 aromatic rings. The maximum Gasteiger partial charge on any atom is 0.154 e. The van der Waals surface area contributed by atoms with Crippen LogP contribution in [0.2, 0.25) is 0 Å². The number of aromatic nitrogens is 2. The molecule has 1 aromatic carbocycles. The Labute approximate surface area is 113 Å². The van der Waals surface area contributed by atoms with Gasteiger partial charge in [0.1, 0.15) is 0 Å². The molecule has 4 heteroatoms. The summed E-state index contributed by atoms with van der Waals surface area (Å²) in [4.78, 5) is 2.30. The van der Waals surface area contributed by atoms with Crippen LogP contribution in [0.5, 0.6) is 0 Å². The van der Waals surface area contributed by atoms with Gasteiger partial charge in [-0.25, -0.2) is 0 Å². The van der Waals surface area contributed by atoms with Gasteiger partial charge in [-0.15, -0.1) is 0 Å². The molecule has 1 aliphatic heterocycles. The molecule has 0 saturated heterocycles. The zero-order valence-corrected chi connectivity index (χ0v) is 11.7. The summed E-state index contributed by atoms with van der Waals surface area (Å²) in [6.07, 6.45) is 1.13. The predicted molar refractivity (Wildman–Crippen MR) is 78.7 cm³/mol. The second-order valence-corrected chi connectivity index (χ2v) is 5.49. The van der Waals surface area contributed by atoms with Gasteiger partial charge >= 0.3 is 0 Å². The Morgan fingerprint density at radius 3 is 2.74 bits per heavy atom. The Bertz CT molecular complexity index is 615. The van der Waals surface area contributed by atoms with Crippen molar-refractivity contribution < 1.29 is 0 Å². The molecule has 1 unspecified atom stereocenters. The molecular weight excluding hydrogens is 236 g/mol. The minimum absolute atomic E-state index is 0.615. The molecule has 1 aromatic heterocycles. The first-order valence-corrected chi connectivity index (χ1v) is 6.72. The van der Waals surface area contributed by atoms with Crippen LogP contribution in [0.4, 0.5) is 17.2 Å². The number of nitrogen functional groups attached to an aromatic ring is 1. The fraction of sp³-hybridized carbons (Fsp3) is 0.400. The third-order valence-corrected chi connectivity index (χ3v) is 3.84. The molecular formula is C15H20N4. The Balaban J connectivity index is 2.15. The zero-order valence-electron chi connectivity index (χ0n) is 11.7. The van der Waals surface area contributed by atoms with Gasteiger partial charge in [0.05, 0.1) is 11.4 Å². The van der Waals surface area contributed by atoms with Crippen LogP contribution in [0.15, 0.2) is 24.3 Å². The van der Waals surface area contributed by atoms with Gasteiger partial charge in [-0.2, -0.15) is 5.10 Å². The standard InChI is InChI=1S/C15H20N4/c1-10-8-12-6-4-5-7-13(12)19(9-10)15-14(16)11(2)17-18(15)3/h4-7,10H,8-9,16H2,1-3H3. The van der Waals surface area contributed by atoms with E-state index in [0.717, 1.165) is 30.2 Å². The monoisotopic (exact) mass is 256 g/mol. The number of hydrogen-bond donors (Lipinski definition) is 1. The second kappa shape index (κ2) is 4.30. The molecule has 2 heterocycles. The van der Waals surface area contributed by atoms with Crippen molar-refractivity contribution in [2.24, 2.45) is 13.0 Å². The highest BCUT2D eigenvalue weighted by atomic mass is 15.4. The maximum absolute atomic E-state index is 6.21. The number of anilines is 3. The summed E-state index contributed by atoms with van der Waals surface area (Å²) in [6, 6.07) is 8.56. The second-order valence-electron chi connectivity index (χ2n) is 5.49. The van der Waals surface area contributed by atoms with Crippen LogP contribution < -0.4 is 10.6 Å². The number of rotatable bonds is 1. The van der Waals surface area contributed by atoms with Crippen molar-refractivity contribution >= 4 is 17.2 Å². The molecule has 100 valence electrons. The average Bonchev–Trinajstić information content (AvgIpc) is 2.62. The molecule has 19 heavy (non-hydrogen) atoms. The third kappa shape index (κ3) is 1.87. The number of nitrogens with two attached hydrogens (primary N) is 1. The smallest absolute Gasteiger partial charge is 0.154 e. The van der Waals surface area contributed by atoms with Gasteiger partial charge in [0.15, 0.2) is 5.82 Å². The minimum atomic E-state index is 0.615. The van der Waals surface area contributed by atoms with E-state index >= 15 is 0 Å². The van der Waals surface area contributed by atoms with E-state index in [1.54, 1.807) is 0 Å². The van der Waals surface area contributed by atoms with Crippen molar-refractivity contribution in [1.82, 2.24) is 9.78 Å². The van der Waals surface area contributed by atoms with Crippen LogP contribution in [-0.2, 0) is 13.5 Å². The highest BCUT2D eigenvalue weighted by molar-refractivity contribution is 5.75. The summed E-state index contributed by atoms with van der Waals surface area (Å²) < 4.78 is 1.89. The average molecular weight is 256 g/mol. The molecule has 1 atom stereocenters. The molecule has 0 aliphatic carbocycles. The van der Waals surface area contributed by atoms with Gasteiger partial charge in [-0.3, -0.25) is 4.68 Å². The summed E-state index contributed by atoms with van der Waals surface area (Å²) in [5.74, 6) is 1.63. The number of fused-ring (bicyclic) bond motifs is 1. The van der Waals surface area contributed by atoms with Crippen molar-refractivity contribution in [1.29, 1.82) is 0 Å². The summed E-state index contributed by atoms with van der Waals surface area (Å²) in [5, 5.41) is 4.43. The highest BCUT2D eigenvalue weighted by Gasteiger charge is 2.26. The van der Waals surface area contributed by atoms with Gasteiger partial charge in [0.2, 0.25) is 0 Å². The molecule has 4 nitrogen and oxygen atoms in total. The molecule has 0 amide bonds. The van der Waals surface area contributed by atoms with Gasteiger partial charge < -0.3 is 10.6 Å². The Morgan fingerprint density at radius 1 is 1.32 bits per heavy atom. The molecule has 0 bridgehead atoms. The summed E-state index contributed by atoms with van der Waals surface area (Å²) in [5.41, 5.74) is 10.5. The minimum Gasteiger partial charge on any atom is -0.394 e. The van der Waals surface area contributed by atoms with E-state index in [4.69, 9.17) is 5.73 Å². The Morgan fingerprint density at radius 2 is 2.05 bits per heavy atom. The fourth-order valence-electron chi connectivity index (χ4n) is 2.98. The topological polar surface area (TPSA) is 47.1 Å². The van der Waals surface area contributed by atoms with Gasteiger partial charge in [-0.05, 0) is 30.9 Å². The number of hydrogen-bond acceptors (Lipinski definition) is 3. The van der Waals surface area contributed by atoms with Crippen LogP contribution in [0.25, 0.3) is 0 Å². The zero-order chi connectivity index (χ0) is 13.6. The van der Waals surface area contributed by atoms with E-state index in [9.17, 15) is 0 Å². The van der Waals surface area contributed by atoms with Crippen LogP contribution in [0, 0.1) is 12.8 Å². The lowest BCUT2D eigenvalue weighted by Gasteiger charge is -2.34. The van der Waals surface area contributed by atoms with E-state index in [1.165, 1.54) is 11.3 Å². The maximum atomic E-state index is 6.21. The van der Waals surface area contributed by atoms with Crippen LogP contribution in [0.1, 0.15) is 18.2 Å². The highest BCUT2D eigenvalue weighted by Crippen LogP contribution is 2.38. The lowest BCUT2D eigenvalue weighted by molar-refractivity contribution is 0.554. The normalized spacial score (nSPS) is 18.5. The van der Waals surface area contributed by atoms with E-state index in [1.807, 2.05) is 18.7 Å². The first kappa shape index (κ1) is 12.1. The van der Waals surface area contributed by atoms with Crippen molar-refractivity contribution in [3.8, 4) is 0 Å². The molecule has 2 N–H and O–H groups in total. The van der Waals surface area contributed by atoms with E-state index in [0.29, 0.717) is 5.92 Å². The number of benzene rings is 1. The van der Waals surface area contributed by atoms with Crippen molar-refractivity contribution in [2.45, 2.75) is 20.3 Å². The van der Waals surface area contributed by atoms with Crippen LogP contribution in [-0.4, -0.2) is 16.3 Å². The molecule has 3 rings (SSSR count). The largest absolute Gasteiger partial charge is 0.394 e. The lowest BCUT2D eigenvalue weighted by atomic mass is 9.94. The first-order valence-electron chi connectivity index (χ1n) is 6.72. The summed E-state index contributed by atoms with van der Waals surface area (Å²) in [7, 11) is 1.96. The van der Waals surface area contributed by atoms with Crippen LogP contribution in [0.3, 0.4) is 0 Å². The predicted octanol–water partition coefficient (Wildman–Crippen LogP) is 2.64. The van der Waals surface area contributed by atoms with E-state index < -0.39 is 0 Å². The van der Waals surface area contributed by atoms with E-state index in [2.05, 4.69) is 41.2 Å². The van der Waals surface area contributed by atoms with Crippen molar-refractivity contribution in [2.75, 3.05) is 17.2 Å². The third-order valence-electron chi connectivity index (χ3n) is 3.84. The number of para-hydroxylation sites is 1. The number of aryl methyl sites for hydroxylation is 2. The van der Waals surface area contributed by atoms with Gasteiger partial charge in [-0.1, -0.05) is 25.1 Å². The fourth-order valence-corrected chi connectivity index (χ4v) is 2.98. The first-order chi connectivity index (χ1) is 9.08. The molecule has 0 saturated carbocycles. The summed E-state index contributed by atoms with van der Waals surface area (Å²) >= 11 is 0. The van der Waals surface area contributed by atoms with Crippen molar-refractivity contribution in [3.63, 3.8) is 0 Å². The lowest BCUT2D eigenvalue weighted by Crippen LogP contribution is -2.32. The number of nitrogens with zero attached hydrogens (tertiary/aromatic N) is 3. The molecule has 1 aliphatic rings. The SMILES string of the molecule is Cc1nn(C)c(N2CC(C)Cc3ccccc32)c1N. The van der Waals surface area contributed by atoms with Gasteiger partial charge in [0.25, 0.3) is 0 Å².